The molecule has 2 aromatic carbocycles. The van der Waals surface area contributed by atoms with Crippen LogP contribution in [0, 0.1) is 6.92 Å². The summed E-state index contributed by atoms with van der Waals surface area (Å²) in [6.45, 7) is 1.81. The molecule has 1 heterocycles. The molecule has 0 spiro atoms. The third kappa shape index (κ3) is 2.71. The van der Waals surface area contributed by atoms with Crippen molar-refractivity contribution in [1.82, 2.24) is 4.98 Å². The molecule has 3 rings (SSSR count). The van der Waals surface area contributed by atoms with Gasteiger partial charge in [-0.25, -0.2) is 4.98 Å². The fourth-order valence-corrected chi connectivity index (χ4v) is 2.96. The summed E-state index contributed by atoms with van der Waals surface area (Å²) in [5, 5.41) is 19.7. The first-order valence-electron chi connectivity index (χ1n) is 6.64. The Labute approximate surface area is 131 Å². The van der Waals surface area contributed by atoms with E-state index in [2.05, 4.69) is 4.98 Å². The van der Waals surface area contributed by atoms with Crippen LogP contribution in [0.1, 0.15) is 20.8 Å². The predicted octanol–water partition coefficient (Wildman–Crippen LogP) is 3.76. The zero-order valence-corrected chi connectivity index (χ0v) is 12.6. The average molecular weight is 311 g/mol. The first-order chi connectivity index (χ1) is 10.5. The van der Waals surface area contributed by atoms with Crippen molar-refractivity contribution in [3.63, 3.8) is 0 Å². The highest BCUT2D eigenvalue weighted by atomic mass is 32.1. The quantitative estimate of drug-likeness (QED) is 0.723. The molecule has 0 atom stereocenters. The number of thiazole rings is 1. The van der Waals surface area contributed by atoms with E-state index in [-0.39, 0.29) is 17.3 Å². The second kappa shape index (κ2) is 5.61. The fourth-order valence-electron chi connectivity index (χ4n) is 2.09. The number of aryl methyl sites for hydroxylation is 1. The summed E-state index contributed by atoms with van der Waals surface area (Å²) in [6, 6.07) is 11.5. The maximum atomic E-state index is 12.4. The molecule has 22 heavy (non-hydrogen) atoms. The van der Waals surface area contributed by atoms with Gasteiger partial charge >= 0.3 is 0 Å². The number of aromatic nitrogens is 1. The predicted molar refractivity (Wildman–Crippen MR) is 85.5 cm³/mol. The maximum absolute atomic E-state index is 12.4. The van der Waals surface area contributed by atoms with Crippen molar-refractivity contribution in [2.75, 3.05) is 0 Å². The first-order valence-corrected chi connectivity index (χ1v) is 7.46. The third-order valence-corrected chi connectivity index (χ3v) is 4.33. The highest BCUT2D eigenvalue weighted by Gasteiger charge is 2.14. The van der Waals surface area contributed by atoms with Gasteiger partial charge in [-0.05, 0) is 42.8 Å². The van der Waals surface area contributed by atoms with E-state index in [4.69, 9.17) is 0 Å². The summed E-state index contributed by atoms with van der Waals surface area (Å²) in [5.74, 6) is 0.122. The van der Waals surface area contributed by atoms with Crippen LogP contribution < -0.4 is 0 Å². The Hall–Kier alpha value is -2.66. The van der Waals surface area contributed by atoms with Crippen molar-refractivity contribution < 1.29 is 15.0 Å². The topological polar surface area (TPSA) is 70.4 Å². The molecule has 0 saturated carbocycles. The largest absolute Gasteiger partial charge is 0.508 e. The Bertz CT molecular complexity index is 855. The molecule has 0 radical (unpaired) electrons. The van der Waals surface area contributed by atoms with Gasteiger partial charge in [-0.3, -0.25) is 4.79 Å². The summed E-state index contributed by atoms with van der Waals surface area (Å²) in [5.41, 5.74) is 2.04. The number of carbonyl (C=O) groups excluding carboxylic acids is 1. The van der Waals surface area contributed by atoms with Crippen LogP contribution in [0.5, 0.6) is 11.5 Å². The highest BCUT2D eigenvalue weighted by Crippen LogP contribution is 2.30. The summed E-state index contributed by atoms with van der Waals surface area (Å²) in [6.07, 6.45) is 1.54. The lowest BCUT2D eigenvalue weighted by atomic mass is 10.1. The van der Waals surface area contributed by atoms with Gasteiger partial charge in [-0.1, -0.05) is 12.1 Å². The number of ketones is 1. The number of nitrogens with zero attached hydrogens (tertiary/aromatic N) is 1. The second-order valence-electron chi connectivity index (χ2n) is 4.91. The Balaban J connectivity index is 1.93. The van der Waals surface area contributed by atoms with Gasteiger partial charge in [0.1, 0.15) is 16.5 Å². The molecule has 0 fully saturated rings. The van der Waals surface area contributed by atoms with E-state index in [0.29, 0.717) is 15.4 Å². The van der Waals surface area contributed by atoms with E-state index in [1.165, 1.54) is 29.7 Å². The molecule has 0 aliphatic heterocycles. The Morgan fingerprint density at radius 3 is 2.68 bits per heavy atom. The molecule has 0 unspecified atom stereocenters. The van der Waals surface area contributed by atoms with Crippen LogP contribution in [0.3, 0.4) is 0 Å². The molecule has 0 aliphatic rings. The van der Waals surface area contributed by atoms with E-state index < -0.39 is 0 Å². The summed E-state index contributed by atoms with van der Waals surface area (Å²) in [4.78, 5) is 17.2. The monoisotopic (exact) mass is 311 g/mol. The number of aromatic hydroxyl groups is 2. The SMILES string of the molecule is Cc1cc(-c2ncc(C(=O)c3cccc(O)c3)s2)ccc1O. The van der Waals surface area contributed by atoms with Crippen LogP contribution in [-0.2, 0) is 0 Å². The molecule has 3 aromatic rings. The zero-order valence-electron chi connectivity index (χ0n) is 11.8. The van der Waals surface area contributed by atoms with Crippen LogP contribution in [0.4, 0.5) is 0 Å². The van der Waals surface area contributed by atoms with Crippen LogP contribution in [0.15, 0.2) is 48.7 Å². The van der Waals surface area contributed by atoms with Gasteiger partial charge in [-0.15, -0.1) is 11.3 Å². The standard InChI is InChI=1S/C17H13NO3S/c1-10-7-12(5-6-14(10)20)17-18-9-15(22-17)16(21)11-3-2-4-13(19)8-11/h2-9,19-20H,1H3. The zero-order chi connectivity index (χ0) is 15.7. The van der Waals surface area contributed by atoms with Crippen molar-refractivity contribution in [3.8, 4) is 22.1 Å². The van der Waals surface area contributed by atoms with Crippen molar-refractivity contribution in [3.05, 3.63) is 64.7 Å². The van der Waals surface area contributed by atoms with Gasteiger partial charge in [0.15, 0.2) is 0 Å². The molecule has 5 heteroatoms. The Morgan fingerprint density at radius 2 is 1.95 bits per heavy atom. The fraction of sp³-hybridized carbons (Fsp3) is 0.0588. The minimum absolute atomic E-state index is 0.0600. The first kappa shape index (κ1) is 14.3. The van der Waals surface area contributed by atoms with Crippen molar-refractivity contribution in [2.45, 2.75) is 6.92 Å². The molecule has 0 amide bonds. The molecule has 4 nitrogen and oxygen atoms in total. The smallest absolute Gasteiger partial charge is 0.204 e. The lowest BCUT2D eigenvalue weighted by Gasteiger charge is -2.01. The van der Waals surface area contributed by atoms with Gasteiger partial charge in [0.25, 0.3) is 0 Å². The summed E-state index contributed by atoms with van der Waals surface area (Å²) in [7, 11) is 0. The summed E-state index contributed by atoms with van der Waals surface area (Å²) < 4.78 is 0. The number of phenols is 2. The van der Waals surface area contributed by atoms with Gasteiger partial charge in [-0.2, -0.15) is 0 Å². The van der Waals surface area contributed by atoms with Gasteiger partial charge in [0.2, 0.25) is 5.78 Å². The van der Waals surface area contributed by atoms with Crippen LogP contribution in [-0.4, -0.2) is 21.0 Å². The maximum Gasteiger partial charge on any atom is 0.204 e. The lowest BCUT2D eigenvalue weighted by Crippen LogP contribution is -1.97. The Morgan fingerprint density at radius 1 is 1.14 bits per heavy atom. The molecule has 0 aliphatic carbocycles. The minimum atomic E-state index is -0.171. The molecule has 110 valence electrons. The second-order valence-corrected chi connectivity index (χ2v) is 5.94. The van der Waals surface area contributed by atoms with Crippen LogP contribution in [0.2, 0.25) is 0 Å². The van der Waals surface area contributed by atoms with Gasteiger partial charge < -0.3 is 10.2 Å². The van der Waals surface area contributed by atoms with Crippen LogP contribution >= 0.6 is 11.3 Å². The lowest BCUT2D eigenvalue weighted by molar-refractivity contribution is 0.104. The van der Waals surface area contributed by atoms with Crippen molar-refractivity contribution >= 4 is 17.1 Å². The number of rotatable bonds is 3. The van der Waals surface area contributed by atoms with E-state index in [1.807, 2.05) is 13.0 Å². The third-order valence-electron chi connectivity index (χ3n) is 3.28. The highest BCUT2D eigenvalue weighted by molar-refractivity contribution is 7.17. The van der Waals surface area contributed by atoms with Gasteiger partial charge in [0, 0.05) is 17.3 Å². The Kier molecular flexibility index (Phi) is 3.65. The van der Waals surface area contributed by atoms with E-state index in [0.717, 1.165) is 11.1 Å². The van der Waals surface area contributed by atoms with Crippen molar-refractivity contribution in [2.24, 2.45) is 0 Å². The molecule has 2 N–H and O–H groups in total. The number of phenolic OH excluding ortho intramolecular Hbond substituents is 2. The van der Waals surface area contributed by atoms with E-state index in [1.54, 1.807) is 24.3 Å². The molecule has 0 saturated heterocycles. The molecular formula is C17H13NO3S. The number of hydrogen-bond acceptors (Lipinski definition) is 5. The van der Waals surface area contributed by atoms with Crippen molar-refractivity contribution in [1.29, 1.82) is 0 Å². The summed E-state index contributed by atoms with van der Waals surface area (Å²) >= 11 is 1.29. The minimum Gasteiger partial charge on any atom is -0.508 e. The molecule has 1 aromatic heterocycles. The molecular weight excluding hydrogens is 298 g/mol. The van der Waals surface area contributed by atoms with E-state index in [9.17, 15) is 15.0 Å². The van der Waals surface area contributed by atoms with Crippen LogP contribution in [0.25, 0.3) is 10.6 Å². The normalized spacial score (nSPS) is 10.6. The molecule has 0 bridgehead atoms. The average Bonchev–Trinajstić information content (AvgIpc) is 2.99. The number of hydrogen-bond donors (Lipinski definition) is 2. The van der Waals surface area contributed by atoms with E-state index >= 15 is 0 Å². The van der Waals surface area contributed by atoms with Gasteiger partial charge in [0.05, 0.1) is 4.88 Å². The number of carbonyl (C=O) groups is 1. The number of benzene rings is 2.